The van der Waals surface area contributed by atoms with Gasteiger partial charge in [-0.3, -0.25) is 9.59 Å². The van der Waals surface area contributed by atoms with E-state index in [1.807, 2.05) is 6.07 Å². The van der Waals surface area contributed by atoms with Crippen LogP contribution in [0.4, 0.5) is 5.69 Å². The molecular weight excluding hydrogens is 304 g/mol. The lowest BCUT2D eigenvalue weighted by atomic mass is 10.1. The van der Waals surface area contributed by atoms with Gasteiger partial charge in [0.15, 0.2) is 6.61 Å². The lowest BCUT2D eigenvalue weighted by Gasteiger charge is -2.18. The van der Waals surface area contributed by atoms with E-state index in [-0.39, 0.29) is 18.4 Å². The third-order valence-corrected chi connectivity index (χ3v) is 3.58. The van der Waals surface area contributed by atoms with Gasteiger partial charge in [-0.05, 0) is 29.8 Å². The summed E-state index contributed by atoms with van der Waals surface area (Å²) in [7, 11) is 0. The first-order chi connectivity index (χ1) is 10.6. The molecule has 0 atom stereocenters. The number of ether oxygens (including phenoxy) is 1. The van der Waals surface area contributed by atoms with Gasteiger partial charge in [-0.25, -0.2) is 0 Å². The topological polar surface area (TPSA) is 67.4 Å². The fraction of sp³-hybridized carbons (Fsp3) is 0.125. The Bertz CT molecular complexity index is 746. The smallest absolute Gasteiger partial charge is 0.262 e. The summed E-state index contributed by atoms with van der Waals surface area (Å²) < 4.78 is 5.28. The fourth-order valence-corrected chi connectivity index (χ4v) is 2.38. The van der Waals surface area contributed by atoms with E-state index in [0.717, 1.165) is 5.56 Å². The van der Waals surface area contributed by atoms with E-state index in [1.54, 1.807) is 36.4 Å². The number of hydrogen-bond acceptors (Lipinski definition) is 3. The minimum absolute atomic E-state index is 0.0234. The molecule has 112 valence electrons. The van der Waals surface area contributed by atoms with Crippen molar-refractivity contribution in [2.75, 3.05) is 11.9 Å². The Hall–Kier alpha value is -2.53. The molecule has 0 radical (unpaired) electrons. The molecule has 2 aromatic carbocycles. The molecule has 5 nitrogen and oxygen atoms in total. The van der Waals surface area contributed by atoms with Crippen LogP contribution in [0.15, 0.2) is 42.5 Å². The molecule has 2 N–H and O–H groups in total. The van der Waals surface area contributed by atoms with Crippen LogP contribution in [0.3, 0.4) is 0 Å². The van der Waals surface area contributed by atoms with Gasteiger partial charge in [-0.1, -0.05) is 29.8 Å². The number of rotatable bonds is 3. The summed E-state index contributed by atoms with van der Waals surface area (Å²) in [5.41, 5.74) is 1.89. The highest BCUT2D eigenvalue weighted by molar-refractivity contribution is 6.33. The fourth-order valence-electron chi connectivity index (χ4n) is 2.16. The molecule has 1 aliphatic heterocycles. The Morgan fingerprint density at radius 3 is 2.91 bits per heavy atom. The molecule has 0 fully saturated rings. The molecule has 0 saturated heterocycles. The molecule has 0 spiro atoms. The summed E-state index contributed by atoms with van der Waals surface area (Å²) in [6.07, 6.45) is 0. The molecule has 1 aliphatic rings. The van der Waals surface area contributed by atoms with Gasteiger partial charge < -0.3 is 15.4 Å². The minimum Gasteiger partial charge on any atom is -0.482 e. The number of carbonyl (C=O) groups is 2. The first-order valence-electron chi connectivity index (χ1n) is 6.72. The quantitative estimate of drug-likeness (QED) is 0.914. The van der Waals surface area contributed by atoms with E-state index >= 15 is 0 Å². The zero-order valence-electron chi connectivity index (χ0n) is 11.6. The Balaban J connectivity index is 1.69. The van der Waals surface area contributed by atoms with Gasteiger partial charge >= 0.3 is 0 Å². The number of carbonyl (C=O) groups excluding carboxylic acids is 2. The molecule has 0 aromatic heterocycles. The lowest BCUT2D eigenvalue weighted by Crippen LogP contribution is -2.26. The predicted molar refractivity (Wildman–Crippen MR) is 83.2 cm³/mol. The summed E-state index contributed by atoms with van der Waals surface area (Å²) in [5, 5.41) is 5.94. The number of halogens is 1. The van der Waals surface area contributed by atoms with Gasteiger partial charge in [-0.15, -0.1) is 0 Å². The highest BCUT2D eigenvalue weighted by Crippen LogP contribution is 2.28. The molecule has 0 unspecified atom stereocenters. The number of hydrogen-bond donors (Lipinski definition) is 2. The third kappa shape index (κ3) is 3.04. The Morgan fingerprint density at radius 1 is 1.27 bits per heavy atom. The molecule has 2 amide bonds. The van der Waals surface area contributed by atoms with Crippen molar-refractivity contribution in [2.45, 2.75) is 6.54 Å². The predicted octanol–water partition coefficient (Wildman–Crippen LogP) is 2.60. The molecule has 3 rings (SSSR count). The van der Waals surface area contributed by atoms with Crippen LogP contribution in [0, 0.1) is 0 Å². The second-order valence-electron chi connectivity index (χ2n) is 4.83. The molecular formula is C16H13ClN2O3. The Labute approximate surface area is 132 Å². The second-order valence-corrected chi connectivity index (χ2v) is 5.24. The van der Waals surface area contributed by atoms with E-state index < -0.39 is 0 Å². The summed E-state index contributed by atoms with van der Waals surface area (Å²) >= 11 is 5.99. The van der Waals surface area contributed by atoms with E-state index in [9.17, 15) is 9.59 Å². The number of anilines is 1. The van der Waals surface area contributed by atoms with Crippen LogP contribution >= 0.6 is 11.6 Å². The average molecular weight is 317 g/mol. The zero-order valence-corrected chi connectivity index (χ0v) is 12.3. The van der Waals surface area contributed by atoms with E-state index in [2.05, 4.69) is 10.6 Å². The maximum atomic E-state index is 12.1. The molecule has 2 aromatic rings. The maximum absolute atomic E-state index is 12.1. The SMILES string of the molecule is O=C1COc2ccc(CNC(=O)c3ccccc3Cl)cc2N1. The van der Waals surface area contributed by atoms with Gasteiger partial charge in [0.05, 0.1) is 16.3 Å². The van der Waals surface area contributed by atoms with Gasteiger partial charge in [0.2, 0.25) is 0 Å². The number of nitrogens with one attached hydrogen (secondary N) is 2. The first-order valence-corrected chi connectivity index (χ1v) is 7.09. The minimum atomic E-state index is -0.247. The van der Waals surface area contributed by atoms with Crippen molar-refractivity contribution in [3.63, 3.8) is 0 Å². The van der Waals surface area contributed by atoms with Crippen LogP contribution in [0.1, 0.15) is 15.9 Å². The highest BCUT2D eigenvalue weighted by atomic mass is 35.5. The average Bonchev–Trinajstić information content (AvgIpc) is 2.52. The molecule has 0 saturated carbocycles. The van der Waals surface area contributed by atoms with Gasteiger partial charge in [0.25, 0.3) is 11.8 Å². The molecule has 0 aliphatic carbocycles. The van der Waals surface area contributed by atoms with Gasteiger partial charge in [0.1, 0.15) is 5.75 Å². The summed E-state index contributed by atoms with van der Waals surface area (Å²) in [6.45, 7) is 0.350. The Kier molecular flexibility index (Phi) is 3.98. The van der Waals surface area contributed by atoms with Crippen molar-refractivity contribution in [2.24, 2.45) is 0 Å². The third-order valence-electron chi connectivity index (χ3n) is 3.25. The van der Waals surface area contributed by atoms with E-state index in [1.165, 1.54) is 0 Å². The zero-order chi connectivity index (χ0) is 15.5. The van der Waals surface area contributed by atoms with E-state index in [4.69, 9.17) is 16.3 Å². The molecule has 0 bridgehead atoms. The first kappa shape index (κ1) is 14.4. The summed E-state index contributed by atoms with van der Waals surface area (Å²) in [4.78, 5) is 23.4. The van der Waals surface area contributed by atoms with Crippen molar-refractivity contribution < 1.29 is 14.3 Å². The molecule has 6 heteroatoms. The van der Waals surface area contributed by atoms with Crippen LogP contribution < -0.4 is 15.4 Å². The number of amides is 2. The van der Waals surface area contributed by atoms with Gasteiger partial charge in [-0.2, -0.15) is 0 Å². The van der Waals surface area contributed by atoms with Crippen LogP contribution in [0.2, 0.25) is 5.02 Å². The van der Waals surface area contributed by atoms with Crippen LogP contribution in [-0.2, 0) is 11.3 Å². The Morgan fingerprint density at radius 2 is 2.09 bits per heavy atom. The standard InChI is InChI=1S/C16H13ClN2O3/c17-12-4-2-1-3-11(12)16(21)18-8-10-5-6-14-13(7-10)19-15(20)9-22-14/h1-7H,8-9H2,(H,18,21)(H,19,20). The maximum Gasteiger partial charge on any atom is 0.262 e. The summed E-state index contributed by atoms with van der Waals surface area (Å²) in [5.74, 6) is 0.189. The van der Waals surface area contributed by atoms with Crippen molar-refractivity contribution in [1.82, 2.24) is 5.32 Å². The van der Waals surface area contributed by atoms with Crippen molar-refractivity contribution >= 4 is 29.1 Å². The second kappa shape index (κ2) is 6.07. The van der Waals surface area contributed by atoms with Crippen LogP contribution in [0.25, 0.3) is 0 Å². The lowest BCUT2D eigenvalue weighted by molar-refractivity contribution is -0.118. The normalized spacial score (nSPS) is 12.9. The van der Waals surface area contributed by atoms with Crippen LogP contribution in [-0.4, -0.2) is 18.4 Å². The van der Waals surface area contributed by atoms with Crippen molar-refractivity contribution in [1.29, 1.82) is 0 Å². The number of benzene rings is 2. The summed E-state index contributed by atoms with van der Waals surface area (Å²) in [6, 6.07) is 12.2. The molecule has 22 heavy (non-hydrogen) atoms. The van der Waals surface area contributed by atoms with Gasteiger partial charge in [0, 0.05) is 6.54 Å². The number of fused-ring (bicyclic) bond motifs is 1. The monoisotopic (exact) mass is 316 g/mol. The molecule has 1 heterocycles. The largest absolute Gasteiger partial charge is 0.482 e. The van der Waals surface area contributed by atoms with Crippen LogP contribution in [0.5, 0.6) is 5.75 Å². The van der Waals surface area contributed by atoms with Crippen molar-refractivity contribution in [3.05, 3.63) is 58.6 Å². The van der Waals surface area contributed by atoms with E-state index in [0.29, 0.717) is 28.6 Å². The highest BCUT2D eigenvalue weighted by Gasteiger charge is 2.16. The van der Waals surface area contributed by atoms with Crippen molar-refractivity contribution in [3.8, 4) is 5.75 Å².